The summed E-state index contributed by atoms with van der Waals surface area (Å²) in [5.41, 5.74) is 0.723. The molecule has 6 nitrogen and oxygen atoms in total. The molecule has 0 spiro atoms. The smallest absolute Gasteiger partial charge is 0.293 e. The molecule has 1 aromatic carbocycles. The van der Waals surface area contributed by atoms with Crippen molar-refractivity contribution in [2.45, 2.75) is 26.3 Å². The summed E-state index contributed by atoms with van der Waals surface area (Å²) in [7, 11) is 1.54. The number of nitrogens with zero attached hydrogens (tertiary/aromatic N) is 1. The lowest BCUT2D eigenvalue weighted by atomic mass is 10.1. The highest BCUT2D eigenvalue weighted by atomic mass is 32.2. The molecule has 1 saturated heterocycles. The number of hydrogen-bond acceptors (Lipinski definition) is 6. The molecule has 2 heterocycles. The largest absolute Gasteiger partial charge is 0.493 e. The Labute approximate surface area is 138 Å². The molecule has 0 radical (unpaired) electrons. The lowest BCUT2D eigenvalue weighted by Gasteiger charge is -2.19. The molecule has 1 aromatic rings. The van der Waals surface area contributed by atoms with Crippen LogP contribution in [0.25, 0.3) is 6.08 Å². The predicted molar refractivity (Wildman–Crippen MR) is 86.7 cm³/mol. The highest BCUT2D eigenvalue weighted by Crippen LogP contribution is 2.43. The third-order valence-corrected chi connectivity index (χ3v) is 4.72. The molecule has 7 heteroatoms. The Hall–Kier alpha value is -2.15. The lowest BCUT2D eigenvalue weighted by Crippen LogP contribution is -2.36. The number of thioether (sulfide) groups is 1. The van der Waals surface area contributed by atoms with Gasteiger partial charge < -0.3 is 14.2 Å². The molecule has 0 saturated carbocycles. The van der Waals surface area contributed by atoms with Crippen LogP contribution in [-0.4, -0.2) is 36.0 Å². The summed E-state index contributed by atoms with van der Waals surface area (Å²) in [6.45, 7) is 3.95. The summed E-state index contributed by atoms with van der Waals surface area (Å²) in [4.78, 5) is 26.2. The van der Waals surface area contributed by atoms with Crippen LogP contribution in [-0.2, 0) is 4.79 Å². The van der Waals surface area contributed by atoms with Crippen molar-refractivity contribution in [2.24, 2.45) is 0 Å². The summed E-state index contributed by atoms with van der Waals surface area (Å²) in [5, 5.41) is -0.233. The molecule has 1 unspecified atom stereocenters. The van der Waals surface area contributed by atoms with E-state index in [1.807, 2.05) is 13.8 Å². The molecule has 1 fully saturated rings. The van der Waals surface area contributed by atoms with Gasteiger partial charge in [0.2, 0.25) is 12.5 Å². The highest BCUT2D eigenvalue weighted by molar-refractivity contribution is 8.18. The van der Waals surface area contributed by atoms with E-state index in [-0.39, 0.29) is 24.0 Å². The molecule has 3 rings (SSSR count). The van der Waals surface area contributed by atoms with Gasteiger partial charge in [0.25, 0.3) is 11.1 Å². The van der Waals surface area contributed by atoms with Gasteiger partial charge in [-0.05, 0) is 48.9 Å². The van der Waals surface area contributed by atoms with E-state index in [2.05, 4.69) is 0 Å². The average Bonchev–Trinajstić information content (AvgIpc) is 3.11. The van der Waals surface area contributed by atoms with Gasteiger partial charge in [0.1, 0.15) is 0 Å². The van der Waals surface area contributed by atoms with E-state index in [0.717, 1.165) is 23.7 Å². The standard InChI is InChI=1S/C16H17NO5S/c1-4-9(2)17-15(18)13(23-16(17)19)7-10-5-11(20-3)14-12(6-10)21-8-22-14/h5-7,9H,4,8H2,1-3H3. The molecule has 23 heavy (non-hydrogen) atoms. The van der Waals surface area contributed by atoms with Crippen LogP contribution in [0.5, 0.6) is 17.2 Å². The van der Waals surface area contributed by atoms with Crippen molar-refractivity contribution >= 4 is 29.0 Å². The Bertz CT molecular complexity index is 700. The zero-order valence-electron chi connectivity index (χ0n) is 13.1. The Balaban J connectivity index is 1.94. The zero-order valence-corrected chi connectivity index (χ0v) is 13.9. The Morgan fingerprint density at radius 2 is 2.17 bits per heavy atom. The average molecular weight is 335 g/mol. The Kier molecular flexibility index (Phi) is 4.21. The molecule has 122 valence electrons. The zero-order chi connectivity index (χ0) is 16.6. The normalized spacial score (nSPS) is 19.6. The summed E-state index contributed by atoms with van der Waals surface area (Å²) in [6.07, 6.45) is 2.40. The van der Waals surface area contributed by atoms with Crippen LogP contribution in [0.15, 0.2) is 17.0 Å². The number of fused-ring (bicyclic) bond motifs is 1. The molecule has 0 aromatic heterocycles. The second kappa shape index (κ2) is 6.16. The van der Waals surface area contributed by atoms with Crippen LogP contribution < -0.4 is 14.2 Å². The molecule has 0 aliphatic carbocycles. The first-order valence-electron chi connectivity index (χ1n) is 7.29. The van der Waals surface area contributed by atoms with Crippen molar-refractivity contribution in [3.05, 3.63) is 22.6 Å². The van der Waals surface area contributed by atoms with Crippen LogP contribution in [0, 0.1) is 0 Å². The van der Waals surface area contributed by atoms with Crippen LogP contribution in [0.2, 0.25) is 0 Å². The van der Waals surface area contributed by atoms with Crippen molar-refractivity contribution in [1.82, 2.24) is 4.90 Å². The topological polar surface area (TPSA) is 65.1 Å². The number of benzene rings is 1. The first-order valence-corrected chi connectivity index (χ1v) is 8.11. The van der Waals surface area contributed by atoms with Gasteiger partial charge in [-0.2, -0.15) is 0 Å². The SMILES string of the molecule is CCC(C)N1C(=O)SC(=Cc2cc(OC)c3c(c2)OCO3)C1=O. The van der Waals surface area contributed by atoms with E-state index in [9.17, 15) is 9.59 Å². The fourth-order valence-electron chi connectivity index (χ4n) is 2.43. The van der Waals surface area contributed by atoms with E-state index < -0.39 is 0 Å². The third-order valence-electron chi connectivity index (χ3n) is 3.83. The number of carbonyl (C=O) groups is 2. The molecule has 0 bridgehead atoms. The number of imide groups is 1. The number of carbonyl (C=O) groups excluding carboxylic acids is 2. The van der Waals surface area contributed by atoms with Gasteiger partial charge in [-0.3, -0.25) is 14.5 Å². The second-order valence-electron chi connectivity index (χ2n) is 5.27. The minimum absolute atomic E-state index is 0.111. The summed E-state index contributed by atoms with van der Waals surface area (Å²) < 4.78 is 16.0. The van der Waals surface area contributed by atoms with E-state index in [0.29, 0.717) is 22.2 Å². The molecular weight excluding hydrogens is 318 g/mol. The minimum Gasteiger partial charge on any atom is -0.493 e. The van der Waals surface area contributed by atoms with Crippen LogP contribution >= 0.6 is 11.8 Å². The monoisotopic (exact) mass is 335 g/mol. The maximum atomic E-state index is 12.4. The van der Waals surface area contributed by atoms with Crippen molar-refractivity contribution in [2.75, 3.05) is 13.9 Å². The molecule has 2 amide bonds. The molecule has 1 atom stereocenters. The van der Waals surface area contributed by atoms with Crippen molar-refractivity contribution in [3.63, 3.8) is 0 Å². The number of amides is 2. The molecular formula is C16H17NO5S. The quantitative estimate of drug-likeness (QED) is 0.787. The van der Waals surface area contributed by atoms with Gasteiger partial charge in [-0.15, -0.1) is 0 Å². The molecule has 2 aliphatic heterocycles. The van der Waals surface area contributed by atoms with Gasteiger partial charge in [0.15, 0.2) is 11.5 Å². The van der Waals surface area contributed by atoms with Gasteiger partial charge >= 0.3 is 0 Å². The third kappa shape index (κ3) is 2.76. The summed E-state index contributed by atoms with van der Waals surface area (Å²) >= 11 is 0.953. The Morgan fingerprint density at radius 3 is 2.87 bits per heavy atom. The fourth-order valence-corrected chi connectivity index (χ4v) is 3.36. The first-order chi connectivity index (χ1) is 11.0. The van der Waals surface area contributed by atoms with Crippen LogP contribution in [0.3, 0.4) is 0 Å². The van der Waals surface area contributed by atoms with Crippen LogP contribution in [0.4, 0.5) is 4.79 Å². The fraction of sp³-hybridized carbons (Fsp3) is 0.375. The van der Waals surface area contributed by atoms with Crippen molar-refractivity contribution < 1.29 is 23.8 Å². The van der Waals surface area contributed by atoms with Gasteiger partial charge in [-0.1, -0.05) is 6.92 Å². The number of methoxy groups -OCH3 is 1. The van der Waals surface area contributed by atoms with Crippen molar-refractivity contribution in [1.29, 1.82) is 0 Å². The minimum atomic E-state index is -0.258. The van der Waals surface area contributed by atoms with Gasteiger partial charge in [0, 0.05) is 6.04 Å². The molecule has 2 aliphatic rings. The van der Waals surface area contributed by atoms with Crippen LogP contribution in [0.1, 0.15) is 25.8 Å². The Morgan fingerprint density at radius 1 is 1.39 bits per heavy atom. The maximum Gasteiger partial charge on any atom is 0.293 e. The summed E-state index contributed by atoms with van der Waals surface area (Å²) in [5.74, 6) is 1.40. The number of rotatable bonds is 4. The van der Waals surface area contributed by atoms with E-state index in [1.54, 1.807) is 18.2 Å². The molecule has 0 N–H and O–H groups in total. The lowest BCUT2D eigenvalue weighted by molar-refractivity contribution is -0.124. The van der Waals surface area contributed by atoms with E-state index in [4.69, 9.17) is 14.2 Å². The predicted octanol–water partition coefficient (Wildman–Crippen LogP) is 3.26. The van der Waals surface area contributed by atoms with E-state index in [1.165, 1.54) is 12.0 Å². The maximum absolute atomic E-state index is 12.4. The summed E-state index contributed by atoms with van der Waals surface area (Å²) in [6, 6.07) is 3.41. The van der Waals surface area contributed by atoms with Gasteiger partial charge in [-0.25, -0.2) is 0 Å². The first kappa shape index (κ1) is 15.7. The number of hydrogen-bond donors (Lipinski definition) is 0. The van der Waals surface area contributed by atoms with Gasteiger partial charge in [0.05, 0.1) is 12.0 Å². The van der Waals surface area contributed by atoms with E-state index >= 15 is 0 Å². The second-order valence-corrected chi connectivity index (χ2v) is 6.26. The number of ether oxygens (including phenoxy) is 3. The van der Waals surface area contributed by atoms with Crippen molar-refractivity contribution in [3.8, 4) is 17.2 Å². The highest BCUT2D eigenvalue weighted by Gasteiger charge is 2.37.